The molecule has 1 saturated heterocycles. The number of rotatable bonds is 11. The largest absolute Gasteiger partial charge is 0.369 e. The van der Waals surface area contributed by atoms with Crippen LogP contribution in [0.3, 0.4) is 0 Å². The normalized spacial score (nSPS) is 22.9. The third kappa shape index (κ3) is 7.50. The summed E-state index contributed by atoms with van der Waals surface area (Å²) >= 11 is 0. The van der Waals surface area contributed by atoms with Gasteiger partial charge in [-0.1, -0.05) is 50.1 Å². The molecule has 0 aliphatic carbocycles. The van der Waals surface area contributed by atoms with Gasteiger partial charge in [0.2, 0.25) is 0 Å². The van der Waals surface area contributed by atoms with E-state index in [9.17, 15) is 0 Å². The minimum Gasteiger partial charge on any atom is -0.369 e. The van der Waals surface area contributed by atoms with Gasteiger partial charge in [0.15, 0.2) is 0 Å². The van der Waals surface area contributed by atoms with Crippen LogP contribution < -0.4 is 0 Å². The highest BCUT2D eigenvalue weighted by molar-refractivity contribution is 4.97. The average Bonchev–Trinajstić information content (AvgIpc) is 3.12. The molecule has 1 rings (SSSR count). The van der Waals surface area contributed by atoms with Gasteiger partial charge in [0.25, 0.3) is 0 Å². The van der Waals surface area contributed by atoms with Gasteiger partial charge in [0, 0.05) is 0 Å². The summed E-state index contributed by atoms with van der Waals surface area (Å²) in [7, 11) is 0. The van der Waals surface area contributed by atoms with Gasteiger partial charge in [-0.25, -0.2) is 0 Å². The van der Waals surface area contributed by atoms with Crippen LogP contribution in [0.15, 0.2) is 37.0 Å². The molecule has 0 spiro atoms. The lowest BCUT2D eigenvalue weighted by atomic mass is 10.1. The summed E-state index contributed by atoms with van der Waals surface area (Å²) in [6.07, 6.45) is 21.6. The van der Waals surface area contributed by atoms with E-state index >= 15 is 0 Å². The molecular formula is C17H28O. The van der Waals surface area contributed by atoms with E-state index in [1.807, 2.05) is 6.08 Å². The van der Waals surface area contributed by atoms with Gasteiger partial charge in [0.05, 0.1) is 12.2 Å². The summed E-state index contributed by atoms with van der Waals surface area (Å²) in [6, 6.07) is 0. The van der Waals surface area contributed by atoms with Gasteiger partial charge in [-0.15, -0.1) is 6.58 Å². The predicted octanol–water partition coefficient (Wildman–Crippen LogP) is 5.19. The smallest absolute Gasteiger partial charge is 0.0876 e. The van der Waals surface area contributed by atoms with E-state index in [0.29, 0.717) is 12.2 Å². The monoisotopic (exact) mass is 248 g/mol. The Hall–Kier alpha value is -0.820. The van der Waals surface area contributed by atoms with Crippen molar-refractivity contribution in [3.8, 4) is 0 Å². The van der Waals surface area contributed by atoms with Crippen molar-refractivity contribution in [2.45, 2.75) is 70.5 Å². The molecule has 0 aromatic heterocycles. The van der Waals surface area contributed by atoms with Crippen LogP contribution in [0.4, 0.5) is 0 Å². The fourth-order valence-corrected chi connectivity index (χ4v) is 2.12. The molecule has 1 nitrogen and oxygen atoms in total. The molecule has 1 heteroatoms. The summed E-state index contributed by atoms with van der Waals surface area (Å²) in [4.78, 5) is 0. The van der Waals surface area contributed by atoms with Crippen molar-refractivity contribution in [3.63, 3.8) is 0 Å². The number of allylic oxidation sites excluding steroid dienone is 4. The zero-order chi connectivity index (χ0) is 13.1. The number of unbranched alkanes of at least 4 members (excludes halogenated alkanes) is 3. The van der Waals surface area contributed by atoms with E-state index in [2.05, 4.69) is 37.8 Å². The summed E-state index contributed by atoms with van der Waals surface area (Å²) in [6.45, 7) is 5.91. The first-order valence-electron chi connectivity index (χ1n) is 7.44. The van der Waals surface area contributed by atoms with Gasteiger partial charge < -0.3 is 4.74 Å². The zero-order valence-electron chi connectivity index (χ0n) is 11.8. The van der Waals surface area contributed by atoms with Crippen molar-refractivity contribution in [2.75, 3.05) is 0 Å². The van der Waals surface area contributed by atoms with E-state index in [4.69, 9.17) is 4.74 Å². The van der Waals surface area contributed by atoms with E-state index in [1.54, 1.807) is 0 Å². The molecule has 0 bridgehead atoms. The Bertz CT molecular complexity index is 265. The topological polar surface area (TPSA) is 12.5 Å². The standard InChI is InChI=1S/C17H28O/c1-3-5-7-9-11-13-15-17-16(18-17)14-12-10-8-6-4-2/h4-5,7,11,13,16-17H,2-3,6,8-10,12,14-15H2,1H3/b7-5+,13-11+/t16-,17-/m0/s1. The Kier molecular flexibility index (Phi) is 8.58. The fourth-order valence-electron chi connectivity index (χ4n) is 2.12. The highest BCUT2D eigenvalue weighted by Gasteiger charge is 2.36. The third-order valence-electron chi connectivity index (χ3n) is 3.29. The lowest BCUT2D eigenvalue weighted by molar-refractivity contribution is 0.359. The maximum atomic E-state index is 5.66. The average molecular weight is 248 g/mol. The second-order valence-corrected chi connectivity index (χ2v) is 4.96. The summed E-state index contributed by atoms with van der Waals surface area (Å²) in [5, 5.41) is 0. The molecule has 1 heterocycles. The summed E-state index contributed by atoms with van der Waals surface area (Å²) < 4.78 is 5.66. The fraction of sp³-hybridized carbons (Fsp3) is 0.647. The molecule has 0 unspecified atom stereocenters. The van der Waals surface area contributed by atoms with Crippen LogP contribution in [-0.4, -0.2) is 12.2 Å². The quantitative estimate of drug-likeness (QED) is 0.278. The molecule has 1 fully saturated rings. The van der Waals surface area contributed by atoms with Crippen molar-refractivity contribution in [1.29, 1.82) is 0 Å². The van der Waals surface area contributed by atoms with Gasteiger partial charge in [-0.3, -0.25) is 0 Å². The second kappa shape index (κ2) is 10.1. The molecule has 1 aliphatic heterocycles. The summed E-state index contributed by atoms with van der Waals surface area (Å²) in [5.74, 6) is 0. The number of epoxide rings is 1. The second-order valence-electron chi connectivity index (χ2n) is 4.96. The van der Waals surface area contributed by atoms with Crippen molar-refractivity contribution in [1.82, 2.24) is 0 Å². The van der Waals surface area contributed by atoms with Crippen LogP contribution in [0.2, 0.25) is 0 Å². The molecule has 0 N–H and O–H groups in total. The first-order valence-corrected chi connectivity index (χ1v) is 7.44. The molecule has 0 radical (unpaired) electrons. The molecule has 0 saturated carbocycles. The Morgan fingerprint density at radius 3 is 2.61 bits per heavy atom. The number of hydrogen-bond acceptors (Lipinski definition) is 1. The van der Waals surface area contributed by atoms with Crippen LogP contribution >= 0.6 is 0 Å². The Labute approximate surface area is 113 Å². The Morgan fingerprint density at radius 1 is 1.00 bits per heavy atom. The van der Waals surface area contributed by atoms with E-state index in [0.717, 1.165) is 25.7 Å². The van der Waals surface area contributed by atoms with Crippen molar-refractivity contribution < 1.29 is 4.74 Å². The molecule has 102 valence electrons. The van der Waals surface area contributed by atoms with E-state index < -0.39 is 0 Å². The van der Waals surface area contributed by atoms with Crippen LogP contribution in [0.5, 0.6) is 0 Å². The molecule has 0 amide bonds. The minimum absolute atomic E-state index is 0.510. The number of ether oxygens (including phenoxy) is 1. The van der Waals surface area contributed by atoms with Crippen molar-refractivity contribution in [2.24, 2.45) is 0 Å². The van der Waals surface area contributed by atoms with Crippen LogP contribution in [0, 0.1) is 0 Å². The molecule has 2 atom stereocenters. The lowest BCUT2D eigenvalue weighted by Gasteiger charge is -1.95. The Morgan fingerprint density at radius 2 is 1.83 bits per heavy atom. The Balaban J connectivity index is 1.90. The first kappa shape index (κ1) is 15.2. The van der Waals surface area contributed by atoms with Gasteiger partial charge >= 0.3 is 0 Å². The minimum atomic E-state index is 0.510. The van der Waals surface area contributed by atoms with Crippen molar-refractivity contribution in [3.05, 3.63) is 37.0 Å². The SMILES string of the molecule is C=CCCCCC[C@@H]1O[C@H]1C/C=C/C/C=C/CC. The van der Waals surface area contributed by atoms with Crippen LogP contribution in [0.1, 0.15) is 58.3 Å². The maximum absolute atomic E-state index is 5.66. The summed E-state index contributed by atoms with van der Waals surface area (Å²) in [5.41, 5.74) is 0. The predicted molar refractivity (Wildman–Crippen MR) is 79.7 cm³/mol. The zero-order valence-corrected chi connectivity index (χ0v) is 11.8. The highest BCUT2D eigenvalue weighted by atomic mass is 16.6. The number of hydrogen-bond donors (Lipinski definition) is 0. The van der Waals surface area contributed by atoms with Crippen LogP contribution in [-0.2, 0) is 4.74 Å². The van der Waals surface area contributed by atoms with E-state index in [1.165, 1.54) is 25.7 Å². The molecular weight excluding hydrogens is 220 g/mol. The maximum Gasteiger partial charge on any atom is 0.0876 e. The van der Waals surface area contributed by atoms with Gasteiger partial charge in [-0.05, 0) is 38.5 Å². The van der Waals surface area contributed by atoms with Gasteiger partial charge in [0.1, 0.15) is 0 Å². The van der Waals surface area contributed by atoms with Crippen molar-refractivity contribution >= 4 is 0 Å². The van der Waals surface area contributed by atoms with E-state index in [-0.39, 0.29) is 0 Å². The van der Waals surface area contributed by atoms with Gasteiger partial charge in [-0.2, -0.15) is 0 Å². The molecule has 0 aromatic carbocycles. The van der Waals surface area contributed by atoms with Crippen LogP contribution in [0.25, 0.3) is 0 Å². The molecule has 18 heavy (non-hydrogen) atoms. The third-order valence-corrected chi connectivity index (χ3v) is 3.29. The molecule has 1 aliphatic rings. The molecule has 0 aromatic rings. The first-order chi connectivity index (χ1) is 8.88. The highest BCUT2D eigenvalue weighted by Crippen LogP contribution is 2.30. The lowest BCUT2D eigenvalue weighted by Crippen LogP contribution is -1.92.